The van der Waals surface area contributed by atoms with Gasteiger partial charge in [0.1, 0.15) is 19.6 Å². The SMILES string of the molecule is O=S(=O)(O)c1ccc(S(=O)(=O)O)c(Nc2nc(Cl)nc(Nc3ccc(C=Cc4ccc(Nc5nc(Cl)nc(Nc6cc(S(=O)(=O)O)ccc6S(=O)(=O)O)n5)cc4S(=O)(=O)O)c(S(=O)(=O)O)c3)n2)c1. The van der Waals surface area contributed by atoms with E-state index < -0.39 is 136 Å². The fraction of sp³-hybridized carbons (Fsp3) is 0. The first kappa shape index (κ1) is 51.3. The number of nitrogens with one attached hydrogen (secondary N) is 4. The molecule has 0 radical (unpaired) electrons. The Hall–Kier alpha value is -6.12. The number of halogens is 2. The molecule has 2 heterocycles. The standard InChI is InChI=1S/C32H24Cl2N10O18S6/c33-27-39-29(43-31(41-27)37-21-13-19(63(45,46)47)7-9-23(21)65(51,52)53)35-17-5-3-15(25(11-17)67(57,58)59)1-2-16-4-6-18(12-26(16)68(60,61)62)36-30-40-28(34)42-32(44-30)38-22-14-20(64(48,49)50)8-10-24(22)66(54,55)56/h1-14H,(H,45,46,47)(H,48,49,50)(H,51,52,53)(H,54,55,56)(H,57,58,59)(H,60,61,62)(H2,35,37,39,41,43)(H2,36,38,40,42,44). The van der Waals surface area contributed by atoms with E-state index >= 15 is 0 Å². The summed E-state index contributed by atoms with van der Waals surface area (Å²) in [6.07, 6.45) is 2.06. The summed E-state index contributed by atoms with van der Waals surface area (Å²) in [6, 6.07) is 10.3. The van der Waals surface area contributed by atoms with Gasteiger partial charge in [-0.3, -0.25) is 27.3 Å². The van der Waals surface area contributed by atoms with Crippen molar-refractivity contribution in [3.8, 4) is 0 Å². The summed E-state index contributed by atoms with van der Waals surface area (Å²) in [5.41, 5.74) is -2.16. The lowest BCUT2D eigenvalue weighted by molar-refractivity contribution is 0.479. The summed E-state index contributed by atoms with van der Waals surface area (Å²) in [5.74, 6) is -2.08. The van der Waals surface area contributed by atoms with Gasteiger partial charge in [0.15, 0.2) is 0 Å². The maximum Gasteiger partial charge on any atom is 0.296 e. The molecule has 0 saturated heterocycles. The van der Waals surface area contributed by atoms with Gasteiger partial charge in [0, 0.05) is 11.4 Å². The molecular formula is C32H24Cl2N10O18S6. The molecule has 6 aromatic rings. The highest BCUT2D eigenvalue weighted by atomic mass is 35.5. The highest BCUT2D eigenvalue weighted by Crippen LogP contribution is 2.32. The highest BCUT2D eigenvalue weighted by Gasteiger charge is 2.24. The normalized spacial score (nSPS) is 12.8. The molecule has 4 aromatic carbocycles. The second-order valence-electron chi connectivity index (χ2n) is 13.0. The molecule has 0 atom stereocenters. The van der Waals surface area contributed by atoms with E-state index in [2.05, 4.69) is 51.2 Å². The molecule has 0 unspecified atom stereocenters. The molecule has 0 amide bonds. The van der Waals surface area contributed by atoms with Gasteiger partial charge in [-0.1, -0.05) is 24.3 Å². The van der Waals surface area contributed by atoms with Crippen LogP contribution in [0.3, 0.4) is 0 Å². The number of benzene rings is 4. The lowest BCUT2D eigenvalue weighted by Crippen LogP contribution is -2.09. The average molecular weight is 1100 g/mol. The third-order valence-corrected chi connectivity index (χ3v) is 14.0. The summed E-state index contributed by atoms with van der Waals surface area (Å²) in [7, 11) is -30.0. The number of aromatic nitrogens is 6. The van der Waals surface area contributed by atoms with Crippen LogP contribution >= 0.6 is 23.2 Å². The fourth-order valence-electron chi connectivity index (χ4n) is 5.53. The zero-order valence-electron chi connectivity index (χ0n) is 32.6. The first-order chi connectivity index (χ1) is 31.2. The molecule has 0 saturated carbocycles. The fourth-order valence-corrected chi connectivity index (χ4v) is 9.54. The molecule has 360 valence electrons. The predicted molar refractivity (Wildman–Crippen MR) is 236 cm³/mol. The van der Waals surface area contributed by atoms with Gasteiger partial charge in [0.2, 0.25) is 34.4 Å². The van der Waals surface area contributed by atoms with Gasteiger partial charge >= 0.3 is 0 Å². The highest BCUT2D eigenvalue weighted by molar-refractivity contribution is 7.87. The Morgan fingerprint density at radius 2 is 0.676 bits per heavy atom. The zero-order valence-corrected chi connectivity index (χ0v) is 39.0. The minimum absolute atomic E-state index is 0.161. The Morgan fingerprint density at radius 1 is 0.368 bits per heavy atom. The van der Waals surface area contributed by atoms with Crippen LogP contribution in [0, 0.1) is 0 Å². The Kier molecular flexibility index (Phi) is 14.1. The van der Waals surface area contributed by atoms with Crippen molar-refractivity contribution in [2.24, 2.45) is 0 Å². The van der Waals surface area contributed by atoms with Crippen molar-refractivity contribution in [1.29, 1.82) is 0 Å². The molecule has 36 heteroatoms. The average Bonchev–Trinajstić information content (AvgIpc) is 3.18. The summed E-state index contributed by atoms with van der Waals surface area (Å²) in [4.78, 5) is 18.0. The van der Waals surface area contributed by atoms with E-state index in [1.165, 1.54) is 12.1 Å². The lowest BCUT2D eigenvalue weighted by Gasteiger charge is -2.13. The second-order valence-corrected chi connectivity index (χ2v) is 22.1. The summed E-state index contributed by atoms with van der Waals surface area (Å²) in [6.45, 7) is 0. The van der Waals surface area contributed by atoms with Gasteiger partial charge in [-0.2, -0.15) is 80.4 Å². The number of hydrogen-bond acceptors (Lipinski definition) is 22. The molecule has 0 aliphatic rings. The minimum atomic E-state index is -5.10. The van der Waals surface area contributed by atoms with E-state index in [9.17, 15) is 77.8 Å². The summed E-state index contributed by atoms with van der Waals surface area (Å²) >= 11 is 12.0. The molecule has 0 spiro atoms. The number of nitrogens with zero attached hydrogens (tertiary/aromatic N) is 6. The van der Waals surface area contributed by atoms with Crippen LogP contribution in [0.25, 0.3) is 12.2 Å². The number of rotatable bonds is 16. The first-order valence-electron chi connectivity index (χ1n) is 17.2. The van der Waals surface area contributed by atoms with Crippen molar-refractivity contribution in [3.63, 3.8) is 0 Å². The quantitative estimate of drug-likeness (QED) is 0.0484. The molecule has 6 rings (SSSR count). The minimum Gasteiger partial charge on any atom is -0.324 e. The van der Waals surface area contributed by atoms with Gasteiger partial charge in [0.05, 0.1) is 21.2 Å². The third kappa shape index (κ3) is 12.9. The van der Waals surface area contributed by atoms with E-state index in [1.807, 2.05) is 0 Å². The zero-order chi connectivity index (χ0) is 50.4. The van der Waals surface area contributed by atoms with Gasteiger partial charge in [-0.25, -0.2) is 0 Å². The molecule has 28 nitrogen and oxygen atoms in total. The van der Waals surface area contributed by atoms with Gasteiger partial charge in [-0.15, -0.1) is 0 Å². The predicted octanol–water partition coefficient (Wildman–Crippen LogP) is 3.99. The lowest BCUT2D eigenvalue weighted by atomic mass is 10.1. The van der Waals surface area contributed by atoms with Gasteiger partial charge < -0.3 is 21.3 Å². The number of anilines is 8. The van der Waals surface area contributed by atoms with Crippen molar-refractivity contribution in [2.75, 3.05) is 21.3 Å². The smallest absolute Gasteiger partial charge is 0.296 e. The van der Waals surface area contributed by atoms with E-state index in [0.717, 1.165) is 36.4 Å². The van der Waals surface area contributed by atoms with Gasteiger partial charge in [-0.05, 0) is 95.0 Å². The Labute approximate surface area is 393 Å². The molecule has 0 fully saturated rings. The second kappa shape index (κ2) is 18.8. The molecule has 2 aromatic heterocycles. The van der Waals surface area contributed by atoms with Crippen molar-refractivity contribution in [2.45, 2.75) is 29.4 Å². The van der Waals surface area contributed by atoms with Gasteiger partial charge in [0.25, 0.3) is 60.7 Å². The topological polar surface area (TPSA) is 452 Å². The van der Waals surface area contributed by atoms with E-state index in [1.54, 1.807) is 0 Å². The van der Waals surface area contributed by atoms with Crippen LogP contribution < -0.4 is 21.3 Å². The molecule has 10 N–H and O–H groups in total. The summed E-state index contributed by atoms with van der Waals surface area (Å²) in [5, 5.41) is 8.59. The van der Waals surface area contributed by atoms with E-state index in [0.29, 0.717) is 36.4 Å². The molecule has 0 bridgehead atoms. The molecule has 68 heavy (non-hydrogen) atoms. The van der Waals surface area contributed by atoms with Crippen molar-refractivity contribution in [1.82, 2.24) is 29.9 Å². The van der Waals surface area contributed by atoms with E-state index in [-0.39, 0.29) is 22.5 Å². The van der Waals surface area contributed by atoms with Crippen LogP contribution in [-0.2, 0) is 60.7 Å². The van der Waals surface area contributed by atoms with Crippen LogP contribution in [0.2, 0.25) is 10.6 Å². The third-order valence-electron chi connectivity index (χ3n) is 8.30. The molecular weight excluding hydrogens is 1080 g/mol. The maximum atomic E-state index is 12.5. The summed E-state index contributed by atoms with van der Waals surface area (Å²) < 4.78 is 203. The number of hydrogen-bond donors (Lipinski definition) is 10. The first-order valence-corrected chi connectivity index (χ1v) is 26.6. The van der Waals surface area contributed by atoms with E-state index in [4.69, 9.17) is 23.2 Å². The van der Waals surface area contributed by atoms with Crippen LogP contribution in [0.4, 0.5) is 46.5 Å². The van der Waals surface area contributed by atoms with Crippen molar-refractivity contribution >= 4 is 143 Å². The Bertz CT molecular complexity index is 3550. The van der Waals surface area contributed by atoms with Crippen LogP contribution in [0.1, 0.15) is 11.1 Å². The maximum absolute atomic E-state index is 12.5. The van der Waals surface area contributed by atoms with Crippen molar-refractivity contribution < 1.29 is 77.8 Å². The van der Waals surface area contributed by atoms with Crippen LogP contribution in [0.15, 0.2) is 102 Å². The largest absolute Gasteiger partial charge is 0.324 e. The molecule has 0 aliphatic carbocycles. The Morgan fingerprint density at radius 3 is 0.971 bits per heavy atom. The van der Waals surface area contributed by atoms with Crippen LogP contribution in [0.5, 0.6) is 0 Å². The van der Waals surface area contributed by atoms with Crippen LogP contribution in [-0.4, -0.2) is 108 Å². The van der Waals surface area contributed by atoms with Crippen molar-refractivity contribution in [3.05, 3.63) is 94.5 Å². The monoisotopic (exact) mass is 1100 g/mol. The molecule has 0 aliphatic heterocycles. The Balaban J connectivity index is 1.28.